The molecule has 1 aromatic heterocycles. The van der Waals surface area contributed by atoms with Crippen molar-refractivity contribution in [2.45, 2.75) is 6.61 Å². The molecule has 0 atom stereocenters. The Balaban J connectivity index is 1.68. The number of carbonyl (C=O) groups is 1. The molecule has 0 bridgehead atoms. The number of thiazole rings is 1. The molecule has 2 aromatic carbocycles. The SMILES string of the molecule is O=C(O)c1ccc(OCc2csc(-c3ccccc3)n2)cc1F. The van der Waals surface area contributed by atoms with Gasteiger partial charge in [0.25, 0.3) is 0 Å². The molecule has 23 heavy (non-hydrogen) atoms. The average Bonchev–Trinajstić information content (AvgIpc) is 3.02. The molecule has 0 radical (unpaired) electrons. The summed E-state index contributed by atoms with van der Waals surface area (Å²) in [6.45, 7) is 0.190. The molecule has 0 aliphatic rings. The van der Waals surface area contributed by atoms with Crippen LogP contribution in [-0.4, -0.2) is 16.1 Å². The third-order valence-electron chi connectivity index (χ3n) is 3.13. The summed E-state index contributed by atoms with van der Waals surface area (Å²) in [5.41, 5.74) is 1.38. The van der Waals surface area contributed by atoms with Gasteiger partial charge in [0.15, 0.2) is 0 Å². The van der Waals surface area contributed by atoms with E-state index in [1.165, 1.54) is 23.5 Å². The second-order valence-electron chi connectivity index (χ2n) is 4.75. The fourth-order valence-corrected chi connectivity index (χ4v) is 2.81. The Kier molecular flexibility index (Phi) is 4.34. The Morgan fingerprint density at radius 1 is 1.22 bits per heavy atom. The molecule has 1 heterocycles. The molecule has 4 nitrogen and oxygen atoms in total. The summed E-state index contributed by atoms with van der Waals surface area (Å²) in [6.07, 6.45) is 0. The lowest BCUT2D eigenvalue weighted by atomic mass is 10.2. The Morgan fingerprint density at radius 3 is 2.70 bits per heavy atom. The zero-order valence-corrected chi connectivity index (χ0v) is 12.7. The molecule has 6 heteroatoms. The summed E-state index contributed by atoms with van der Waals surface area (Å²) in [7, 11) is 0. The van der Waals surface area contributed by atoms with Crippen LogP contribution in [0.1, 0.15) is 16.1 Å². The highest BCUT2D eigenvalue weighted by Gasteiger charge is 2.11. The van der Waals surface area contributed by atoms with Gasteiger partial charge in [0.2, 0.25) is 0 Å². The van der Waals surface area contributed by atoms with E-state index in [0.717, 1.165) is 22.3 Å². The predicted octanol–water partition coefficient (Wildman–Crippen LogP) is 4.23. The summed E-state index contributed by atoms with van der Waals surface area (Å²) >= 11 is 1.50. The lowest BCUT2D eigenvalue weighted by molar-refractivity contribution is 0.0692. The molecular formula is C17H12FNO3S. The smallest absolute Gasteiger partial charge is 0.338 e. The lowest BCUT2D eigenvalue weighted by Crippen LogP contribution is -2.02. The third kappa shape index (κ3) is 3.54. The molecule has 0 aliphatic heterocycles. The lowest BCUT2D eigenvalue weighted by Gasteiger charge is -2.05. The van der Waals surface area contributed by atoms with Crippen LogP contribution in [0.15, 0.2) is 53.9 Å². The number of nitrogens with zero attached hydrogens (tertiary/aromatic N) is 1. The average molecular weight is 329 g/mol. The minimum absolute atomic E-state index is 0.190. The minimum atomic E-state index is -1.30. The number of benzene rings is 2. The van der Waals surface area contributed by atoms with Gasteiger partial charge in [-0.3, -0.25) is 0 Å². The largest absolute Gasteiger partial charge is 0.487 e. The van der Waals surface area contributed by atoms with E-state index < -0.39 is 11.8 Å². The fraction of sp³-hybridized carbons (Fsp3) is 0.0588. The van der Waals surface area contributed by atoms with E-state index >= 15 is 0 Å². The zero-order chi connectivity index (χ0) is 16.2. The van der Waals surface area contributed by atoms with Crippen LogP contribution in [0.3, 0.4) is 0 Å². The number of ether oxygens (including phenoxy) is 1. The van der Waals surface area contributed by atoms with Crippen LogP contribution in [0.2, 0.25) is 0 Å². The van der Waals surface area contributed by atoms with Crippen LogP contribution in [0.25, 0.3) is 10.6 Å². The van der Waals surface area contributed by atoms with E-state index in [-0.39, 0.29) is 17.9 Å². The number of carboxylic acid groups (broad SMARTS) is 1. The van der Waals surface area contributed by atoms with Gasteiger partial charge in [-0.15, -0.1) is 11.3 Å². The quantitative estimate of drug-likeness (QED) is 0.761. The first kappa shape index (κ1) is 15.2. The standard InChI is InChI=1S/C17H12FNO3S/c18-15-8-13(6-7-14(15)17(20)21)22-9-12-10-23-16(19-12)11-4-2-1-3-5-11/h1-8,10H,9H2,(H,20,21). The number of hydrogen-bond acceptors (Lipinski definition) is 4. The van der Waals surface area contributed by atoms with Crippen molar-refractivity contribution in [3.8, 4) is 16.3 Å². The van der Waals surface area contributed by atoms with Gasteiger partial charge < -0.3 is 9.84 Å². The van der Waals surface area contributed by atoms with Gasteiger partial charge in [0.05, 0.1) is 11.3 Å². The highest BCUT2D eigenvalue weighted by molar-refractivity contribution is 7.13. The Morgan fingerprint density at radius 2 is 2.00 bits per heavy atom. The number of hydrogen-bond donors (Lipinski definition) is 1. The van der Waals surface area contributed by atoms with Crippen LogP contribution in [0.4, 0.5) is 4.39 Å². The minimum Gasteiger partial charge on any atom is -0.487 e. The number of rotatable bonds is 5. The molecule has 0 unspecified atom stereocenters. The van der Waals surface area contributed by atoms with Gasteiger partial charge >= 0.3 is 5.97 Å². The van der Waals surface area contributed by atoms with Gasteiger partial charge in [-0.05, 0) is 12.1 Å². The highest BCUT2D eigenvalue weighted by Crippen LogP contribution is 2.24. The Labute approximate surface area is 135 Å². The second-order valence-corrected chi connectivity index (χ2v) is 5.60. The first-order valence-electron chi connectivity index (χ1n) is 6.79. The van der Waals surface area contributed by atoms with Crippen molar-refractivity contribution in [2.24, 2.45) is 0 Å². The van der Waals surface area contributed by atoms with E-state index in [0.29, 0.717) is 0 Å². The van der Waals surface area contributed by atoms with Crippen molar-refractivity contribution in [3.63, 3.8) is 0 Å². The molecule has 0 spiro atoms. The summed E-state index contributed by atoms with van der Waals surface area (Å²) in [6, 6.07) is 13.5. The molecule has 0 fully saturated rings. The van der Waals surface area contributed by atoms with Gasteiger partial charge in [-0.2, -0.15) is 0 Å². The van der Waals surface area contributed by atoms with Gasteiger partial charge in [-0.1, -0.05) is 30.3 Å². The van der Waals surface area contributed by atoms with Crippen molar-refractivity contribution in [2.75, 3.05) is 0 Å². The van der Waals surface area contributed by atoms with Crippen molar-refractivity contribution >= 4 is 17.3 Å². The monoisotopic (exact) mass is 329 g/mol. The predicted molar refractivity (Wildman–Crippen MR) is 85.2 cm³/mol. The number of carboxylic acids is 1. The van der Waals surface area contributed by atoms with Crippen molar-refractivity contribution in [1.29, 1.82) is 0 Å². The number of aromatic nitrogens is 1. The van der Waals surface area contributed by atoms with E-state index in [9.17, 15) is 9.18 Å². The van der Waals surface area contributed by atoms with Crippen LogP contribution >= 0.6 is 11.3 Å². The Hall–Kier alpha value is -2.73. The maximum atomic E-state index is 13.6. The number of halogens is 1. The van der Waals surface area contributed by atoms with Gasteiger partial charge in [0.1, 0.15) is 23.2 Å². The summed E-state index contributed by atoms with van der Waals surface area (Å²) < 4.78 is 19.0. The third-order valence-corrected chi connectivity index (χ3v) is 4.07. The molecular weight excluding hydrogens is 317 g/mol. The number of aromatic carboxylic acids is 1. The summed E-state index contributed by atoms with van der Waals surface area (Å²) in [5.74, 6) is -1.86. The Bertz CT molecular complexity index is 833. The van der Waals surface area contributed by atoms with Crippen molar-refractivity contribution < 1.29 is 19.0 Å². The molecule has 116 valence electrons. The maximum Gasteiger partial charge on any atom is 0.338 e. The van der Waals surface area contributed by atoms with E-state index in [1.807, 2.05) is 35.7 Å². The normalized spacial score (nSPS) is 10.5. The van der Waals surface area contributed by atoms with E-state index in [4.69, 9.17) is 9.84 Å². The van der Waals surface area contributed by atoms with Crippen LogP contribution in [0.5, 0.6) is 5.75 Å². The first-order chi connectivity index (χ1) is 11.1. The fourth-order valence-electron chi connectivity index (χ4n) is 2.00. The molecule has 0 aliphatic carbocycles. The van der Waals surface area contributed by atoms with E-state index in [2.05, 4.69) is 4.98 Å². The molecule has 0 saturated heterocycles. The van der Waals surface area contributed by atoms with Crippen molar-refractivity contribution in [1.82, 2.24) is 4.98 Å². The maximum absolute atomic E-state index is 13.6. The summed E-state index contributed by atoms with van der Waals surface area (Å²) in [4.78, 5) is 15.2. The van der Waals surface area contributed by atoms with E-state index in [1.54, 1.807) is 0 Å². The molecule has 3 rings (SSSR count). The second kappa shape index (κ2) is 6.58. The van der Waals surface area contributed by atoms with Gasteiger partial charge in [0, 0.05) is 17.0 Å². The molecule has 3 aromatic rings. The molecule has 1 N–H and O–H groups in total. The van der Waals surface area contributed by atoms with Crippen LogP contribution in [-0.2, 0) is 6.61 Å². The first-order valence-corrected chi connectivity index (χ1v) is 7.67. The molecule has 0 saturated carbocycles. The van der Waals surface area contributed by atoms with Crippen molar-refractivity contribution in [3.05, 3.63) is 71.0 Å². The molecule has 0 amide bonds. The van der Waals surface area contributed by atoms with Crippen LogP contribution < -0.4 is 4.74 Å². The topological polar surface area (TPSA) is 59.4 Å². The van der Waals surface area contributed by atoms with Gasteiger partial charge in [-0.25, -0.2) is 14.2 Å². The highest BCUT2D eigenvalue weighted by atomic mass is 32.1. The van der Waals surface area contributed by atoms with Crippen LogP contribution in [0, 0.1) is 5.82 Å². The zero-order valence-electron chi connectivity index (χ0n) is 11.9. The summed E-state index contributed by atoms with van der Waals surface area (Å²) in [5, 5.41) is 11.6.